The molecule has 0 fully saturated rings. The van der Waals surface area contributed by atoms with Crippen molar-refractivity contribution in [3.8, 4) is 17.4 Å². The quantitative estimate of drug-likeness (QED) is 0.917. The average Bonchev–Trinajstić information content (AvgIpc) is 2.53. The number of benzene rings is 1. The lowest BCUT2D eigenvalue weighted by Crippen LogP contribution is -2.29. The molecule has 122 valence electrons. The number of fused-ring (bicyclic) bond motifs is 1. The molecule has 0 radical (unpaired) electrons. The fourth-order valence-electron chi connectivity index (χ4n) is 2.43. The second kappa shape index (κ2) is 5.53. The third kappa shape index (κ3) is 2.84. The van der Waals surface area contributed by atoms with Crippen LogP contribution < -0.4 is 14.4 Å². The maximum Gasteiger partial charge on any atom is 0.421 e. The molecule has 8 heteroatoms. The summed E-state index contributed by atoms with van der Waals surface area (Å²) in [5, 5.41) is 9.62. The molecule has 0 bridgehead atoms. The first-order valence-electron chi connectivity index (χ1n) is 6.75. The number of rotatable bonds is 2. The van der Waals surface area contributed by atoms with Crippen molar-refractivity contribution < 1.29 is 27.8 Å². The summed E-state index contributed by atoms with van der Waals surface area (Å²) in [4.78, 5) is 5.36. The first-order valence-corrected chi connectivity index (χ1v) is 6.75. The molecule has 1 aromatic heterocycles. The zero-order valence-corrected chi connectivity index (χ0v) is 12.1. The molecule has 0 saturated heterocycles. The van der Waals surface area contributed by atoms with Gasteiger partial charge in [-0.1, -0.05) is 0 Å². The van der Waals surface area contributed by atoms with E-state index in [9.17, 15) is 18.3 Å². The van der Waals surface area contributed by atoms with Crippen LogP contribution in [-0.4, -0.2) is 30.4 Å². The number of ether oxygens (including phenoxy) is 2. The predicted molar refractivity (Wildman–Crippen MR) is 76.4 cm³/mol. The Morgan fingerprint density at radius 1 is 1.30 bits per heavy atom. The van der Waals surface area contributed by atoms with Gasteiger partial charge in [-0.05, 0) is 18.2 Å². The van der Waals surface area contributed by atoms with Gasteiger partial charge in [-0.15, -0.1) is 0 Å². The monoisotopic (exact) mass is 326 g/mol. The normalized spacial score (nSPS) is 14.2. The first-order chi connectivity index (χ1) is 10.9. The number of hydrogen-bond acceptors (Lipinski definition) is 5. The Kier molecular flexibility index (Phi) is 3.67. The van der Waals surface area contributed by atoms with E-state index in [-0.39, 0.29) is 11.4 Å². The van der Waals surface area contributed by atoms with Gasteiger partial charge in [0.2, 0.25) is 5.88 Å². The van der Waals surface area contributed by atoms with Crippen molar-refractivity contribution in [3.05, 3.63) is 36.0 Å². The van der Waals surface area contributed by atoms with Crippen molar-refractivity contribution in [1.29, 1.82) is 0 Å². The number of methoxy groups -OCH3 is 1. The van der Waals surface area contributed by atoms with E-state index in [4.69, 9.17) is 4.74 Å². The Labute approximate surface area is 129 Å². The molecule has 1 aliphatic rings. The highest BCUT2D eigenvalue weighted by Crippen LogP contribution is 2.42. The highest BCUT2D eigenvalue weighted by atomic mass is 19.4. The zero-order chi connectivity index (χ0) is 16.6. The molecule has 1 N–H and O–H groups in total. The van der Waals surface area contributed by atoms with Crippen molar-refractivity contribution in [2.24, 2.45) is 0 Å². The van der Waals surface area contributed by atoms with E-state index >= 15 is 0 Å². The van der Waals surface area contributed by atoms with Gasteiger partial charge in [-0.2, -0.15) is 13.2 Å². The van der Waals surface area contributed by atoms with Crippen LogP contribution in [0, 0.1) is 0 Å². The highest BCUT2D eigenvalue weighted by molar-refractivity contribution is 5.72. The molecule has 1 aromatic carbocycles. The molecule has 3 rings (SSSR count). The third-order valence-corrected chi connectivity index (χ3v) is 3.45. The number of phenolic OH excluding ortho intramolecular Hbond substituents is 1. The topological polar surface area (TPSA) is 54.8 Å². The van der Waals surface area contributed by atoms with Crippen LogP contribution in [0.3, 0.4) is 0 Å². The number of hydrogen-bond donors (Lipinski definition) is 1. The van der Waals surface area contributed by atoms with E-state index in [1.165, 1.54) is 18.3 Å². The van der Waals surface area contributed by atoms with Crippen LogP contribution in [0.2, 0.25) is 0 Å². The maximum absolute atomic E-state index is 13.1. The summed E-state index contributed by atoms with van der Waals surface area (Å²) in [6.07, 6.45) is -3.28. The summed E-state index contributed by atoms with van der Waals surface area (Å²) in [5.74, 6) is 0.000772. The number of alkyl halides is 3. The molecule has 0 atom stereocenters. The number of aromatic nitrogens is 1. The number of aromatic hydroxyl groups is 1. The lowest BCUT2D eigenvalue weighted by atomic mass is 10.1. The summed E-state index contributed by atoms with van der Waals surface area (Å²) in [6.45, 7) is 0.646. The number of halogens is 3. The number of pyridine rings is 1. The Morgan fingerprint density at radius 2 is 2.09 bits per heavy atom. The summed E-state index contributed by atoms with van der Waals surface area (Å²) in [6, 6.07) is 5.44. The second-order valence-electron chi connectivity index (χ2n) is 4.90. The van der Waals surface area contributed by atoms with Crippen LogP contribution in [0.25, 0.3) is 0 Å². The van der Waals surface area contributed by atoms with E-state index in [0.29, 0.717) is 24.6 Å². The van der Waals surface area contributed by atoms with Gasteiger partial charge < -0.3 is 19.5 Å². The van der Waals surface area contributed by atoms with Crippen molar-refractivity contribution >= 4 is 11.4 Å². The van der Waals surface area contributed by atoms with Gasteiger partial charge in [0.1, 0.15) is 23.7 Å². The number of anilines is 2. The van der Waals surface area contributed by atoms with Crippen LogP contribution in [0.15, 0.2) is 30.5 Å². The van der Waals surface area contributed by atoms with Crippen molar-refractivity contribution in [3.63, 3.8) is 0 Å². The molecule has 0 unspecified atom stereocenters. The second-order valence-corrected chi connectivity index (χ2v) is 4.90. The zero-order valence-electron chi connectivity index (χ0n) is 12.1. The van der Waals surface area contributed by atoms with Crippen LogP contribution in [0.1, 0.15) is 5.56 Å². The molecule has 23 heavy (non-hydrogen) atoms. The fourth-order valence-corrected chi connectivity index (χ4v) is 2.43. The standard InChI is InChI=1S/C15H13F3N2O3/c1-22-14-11(15(16,17)18)6-9(8-19-14)20-4-5-23-13-3-2-10(21)7-12(13)20/h2-3,6-8,21H,4-5H2,1H3. The summed E-state index contributed by atoms with van der Waals surface area (Å²) < 4.78 is 49.6. The van der Waals surface area contributed by atoms with Gasteiger partial charge >= 0.3 is 6.18 Å². The van der Waals surface area contributed by atoms with E-state index in [1.807, 2.05) is 0 Å². The molecule has 1 aliphatic heterocycles. The van der Waals surface area contributed by atoms with Crippen LogP contribution in [0.5, 0.6) is 17.4 Å². The lowest BCUT2D eigenvalue weighted by molar-refractivity contribution is -0.139. The molecule has 0 aliphatic carbocycles. The molecular formula is C15H13F3N2O3. The molecule has 5 nitrogen and oxygen atoms in total. The number of phenols is 1. The van der Waals surface area contributed by atoms with Gasteiger partial charge in [-0.25, -0.2) is 4.98 Å². The Balaban J connectivity index is 2.09. The summed E-state index contributed by atoms with van der Waals surface area (Å²) in [7, 11) is 1.14. The molecular weight excluding hydrogens is 313 g/mol. The third-order valence-electron chi connectivity index (χ3n) is 3.45. The minimum Gasteiger partial charge on any atom is -0.508 e. The minimum atomic E-state index is -4.58. The van der Waals surface area contributed by atoms with Crippen LogP contribution in [0.4, 0.5) is 24.5 Å². The van der Waals surface area contributed by atoms with E-state index < -0.39 is 17.6 Å². The summed E-state index contributed by atoms with van der Waals surface area (Å²) in [5.41, 5.74) is -0.227. The van der Waals surface area contributed by atoms with E-state index in [2.05, 4.69) is 9.72 Å². The van der Waals surface area contributed by atoms with Gasteiger partial charge in [0.05, 0.1) is 31.2 Å². The number of nitrogens with zero attached hydrogens (tertiary/aromatic N) is 2. The van der Waals surface area contributed by atoms with E-state index in [1.54, 1.807) is 11.0 Å². The highest BCUT2D eigenvalue weighted by Gasteiger charge is 2.36. The van der Waals surface area contributed by atoms with E-state index in [0.717, 1.165) is 13.2 Å². The van der Waals surface area contributed by atoms with Crippen molar-refractivity contribution in [2.45, 2.75) is 6.18 Å². The van der Waals surface area contributed by atoms with Crippen molar-refractivity contribution in [1.82, 2.24) is 4.98 Å². The maximum atomic E-state index is 13.1. The lowest BCUT2D eigenvalue weighted by Gasteiger charge is -2.31. The Bertz CT molecular complexity index is 734. The molecule has 0 saturated carbocycles. The smallest absolute Gasteiger partial charge is 0.421 e. The minimum absolute atomic E-state index is 0.00299. The fraction of sp³-hybridized carbons (Fsp3) is 0.267. The van der Waals surface area contributed by atoms with Crippen molar-refractivity contribution in [2.75, 3.05) is 25.2 Å². The molecule has 0 spiro atoms. The predicted octanol–water partition coefficient (Wildman–Crippen LogP) is 3.35. The molecule has 0 amide bonds. The van der Waals surface area contributed by atoms with Crippen LogP contribution >= 0.6 is 0 Å². The Hall–Kier alpha value is -2.64. The first kappa shape index (κ1) is 15.3. The van der Waals surface area contributed by atoms with Crippen LogP contribution in [-0.2, 0) is 6.18 Å². The Morgan fingerprint density at radius 3 is 2.78 bits per heavy atom. The van der Waals surface area contributed by atoms with Gasteiger partial charge in [0, 0.05) is 6.07 Å². The van der Waals surface area contributed by atoms with Gasteiger partial charge in [-0.3, -0.25) is 0 Å². The largest absolute Gasteiger partial charge is 0.508 e. The average molecular weight is 326 g/mol. The van der Waals surface area contributed by atoms with Gasteiger partial charge in [0.15, 0.2) is 0 Å². The van der Waals surface area contributed by atoms with Gasteiger partial charge in [0.25, 0.3) is 0 Å². The molecule has 2 heterocycles. The molecule has 2 aromatic rings. The summed E-state index contributed by atoms with van der Waals surface area (Å²) >= 11 is 0. The SMILES string of the molecule is COc1ncc(N2CCOc3ccc(O)cc32)cc1C(F)(F)F.